The SMILES string of the molecule is Cc1ccc(C2C(=C(O)c3cc(C)ccc3C)C(=O)C(=O)N2c2nnc(SCc3ccc(Cl)cc3Cl)s2)cc1. The van der Waals surface area contributed by atoms with Crippen molar-refractivity contribution in [3.63, 3.8) is 0 Å². The Bertz CT molecular complexity index is 1630. The largest absolute Gasteiger partial charge is 0.507 e. The Morgan fingerprint density at radius 3 is 2.41 bits per heavy atom. The predicted octanol–water partition coefficient (Wildman–Crippen LogP) is 7.69. The summed E-state index contributed by atoms with van der Waals surface area (Å²) in [5, 5.41) is 21.3. The Morgan fingerprint density at radius 1 is 0.974 bits per heavy atom. The van der Waals surface area contributed by atoms with E-state index >= 15 is 0 Å². The first-order chi connectivity index (χ1) is 18.6. The molecule has 1 aliphatic rings. The van der Waals surface area contributed by atoms with Crippen molar-refractivity contribution in [2.45, 2.75) is 36.9 Å². The summed E-state index contributed by atoms with van der Waals surface area (Å²) in [5.41, 5.74) is 4.85. The van der Waals surface area contributed by atoms with Gasteiger partial charge >= 0.3 is 5.91 Å². The molecule has 1 unspecified atom stereocenters. The normalized spacial score (nSPS) is 16.7. The summed E-state index contributed by atoms with van der Waals surface area (Å²) in [6.07, 6.45) is 0. The van der Waals surface area contributed by atoms with Crippen molar-refractivity contribution >= 4 is 68.9 Å². The number of carbonyl (C=O) groups is 2. The number of amides is 1. The van der Waals surface area contributed by atoms with Gasteiger partial charge in [0.05, 0.1) is 11.6 Å². The van der Waals surface area contributed by atoms with Gasteiger partial charge in [-0.1, -0.05) is 99.9 Å². The Kier molecular flexibility index (Phi) is 7.82. The maximum Gasteiger partial charge on any atom is 0.301 e. The third-order valence-electron chi connectivity index (χ3n) is 6.45. The number of anilines is 1. The minimum Gasteiger partial charge on any atom is -0.507 e. The number of hydrogen-bond acceptors (Lipinski definition) is 7. The fourth-order valence-corrected chi connectivity index (χ4v) is 6.79. The molecule has 0 spiro atoms. The van der Waals surface area contributed by atoms with Gasteiger partial charge in [-0.2, -0.15) is 0 Å². The first kappa shape index (κ1) is 27.4. The van der Waals surface area contributed by atoms with Crippen LogP contribution >= 0.6 is 46.3 Å². The zero-order valence-electron chi connectivity index (χ0n) is 21.2. The minimum absolute atomic E-state index is 0.0231. The molecule has 1 amide bonds. The molecule has 1 fully saturated rings. The van der Waals surface area contributed by atoms with E-state index in [2.05, 4.69) is 10.2 Å². The molecule has 1 aliphatic heterocycles. The molecule has 5 rings (SSSR count). The molecule has 6 nitrogen and oxygen atoms in total. The number of Topliss-reactive ketones (excluding diaryl/α,β-unsaturated/α-hetero) is 1. The maximum absolute atomic E-state index is 13.5. The van der Waals surface area contributed by atoms with Gasteiger partial charge in [-0.15, -0.1) is 10.2 Å². The zero-order valence-corrected chi connectivity index (χ0v) is 24.4. The molecule has 0 aliphatic carbocycles. The summed E-state index contributed by atoms with van der Waals surface area (Å²) >= 11 is 14.9. The quantitative estimate of drug-likeness (QED) is 0.0808. The second kappa shape index (κ2) is 11.1. The molecule has 2 heterocycles. The van der Waals surface area contributed by atoms with Crippen molar-refractivity contribution in [1.29, 1.82) is 0 Å². The number of ketones is 1. The molecular formula is C29H23Cl2N3O3S2. The van der Waals surface area contributed by atoms with E-state index in [1.54, 1.807) is 12.1 Å². The van der Waals surface area contributed by atoms with Crippen molar-refractivity contribution in [2.24, 2.45) is 0 Å². The van der Waals surface area contributed by atoms with Crippen molar-refractivity contribution in [2.75, 3.05) is 4.90 Å². The zero-order chi connectivity index (χ0) is 27.8. The van der Waals surface area contributed by atoms with Crippen molar-refractivity contribution in [3.8, 4) is 0 Å². The lowest BCUT2D eigenvalue weighted by molar-refractivity contribution is -0.132. The number of aryl methyl sites for hydroxylation is 3. The van der Waals surface area contributed by atoms with Gasteiger partial charge in [-0.05, 0) is 55.7 Å². The van der Waals surface area contributed by atoms with Gasteiger partial charge in [-0.25, -0.2) is 0 Å². The number of thioether (sulfide) groups is 1. The minimum atomic E-state index is -0.859. The summed E-state index contributed by atoms with van der Waals surface area (Å²) in [6, 6.07) is 17.6. The highest BCUT2D eigenvalue weighted by Crippen LogP contribution is 2.44. The lowest BCUT2D eigenvalue weighted by Gasteiger charge is -2.23. The van der Waals surface area contributed by atoms with E-state index in [-0.39, 0.29) is 16.5 Å². The molecule has 1 atom stereocenters. The number of aliphatic hydroxyl groups excluding tert-OH is 1. The van der Waals surface area contributed by atoms with Crippen LogP contribution in [0.5, 0.6) is 0 Å². The van der Waals surface area contributed by atoms with E-state index in [9.17, 15) is 14.7 Å². The fraction of sp³-hybridized carbons (Fsp3) is 0.172. The van der Waals surface area contributed by atoms with E-state index in [0.717, 1.165) is 22.3 Å². The van der Waals surface area contributed by atoms with Crippen LogP contribution in [0, 0.1) is 20.8 Å². The van der Waals surface area contributed by atoms with Crippen LogP contribution in [0.4, 0.5) is 5.13 Å². The third kappa shape index (κ3) is 5.47. The number of benzene rings is 3. The third-order valence-corrected chi connectivity index (χ3v) is 9.15. The number of hydrogen-bond donors (Lipinski definition) is 1. The molecule has 0 bridgehead atoms. The average molecular weight is 597 g/mol. The van der Waals surface area contributed by atoms with Gasteiger partial charge in [0.15, 0.2) is 4.34 Å². The van der Waals surface area contributed by atoms with Gasteiger partial charge in [0.1, 0.15) is 5.76 Å². The highest BCUT2D eigenvalue weighted by molar-refractivity contribution is 8.00. The van der Waals surface area contributed by atoms with Gasteiger partial charge < -0.3 is 5.11 Å². The molecule has 3 aromatic carbocycles. The maximum atomic E-state index is 13.5. The smallest absolute Gasteiger partial charge is 0.301 e. The molecule has 0 saturated carbocycles. The van der Waals surface area contributed by atoms with Crippen LogP contribution in [0.3, 0.4) is 0 Å². The number of carbonyl (C=O) groups excluding carboxylic acids is 2. The summed E-state index contributed by atoms with van der Waals surface area (Å²) in [6.45, 7) is 5.72. The fourth-order valence-electron chi connectivity index (χ4n) is 4.37. The first-order valence-electron chi connectivity index (χ1n) is 12.0. The van der Waals surface area contributed by atoms with E-state index in [1.807, 2.05) is 69.3 Å². The first-order valence-corrected chi connectivity index (χ1v) is 14.5. The lowest BCUT2D eigenvalue weighted by atomic mass is 9.93. The topological polar surface area (TPSA) is 83.4 Å². The van der Waals surface area contributed by atoms with Crippen LogP contribution in [0.1, 0.15) is 39.4 Å². The molecule has 1 N–H and O–H groups in total. The molecule has 0 radical (unpaired) electrons. The van der Waals surface area contributed by atoms with Gasteiger partial charge in [0.25, 0.3) is 5.78 Å². The number of rotatable bonds is 6. The second-order valence-corrected chi connectivity index (χ2v) is 12.3. The van der Waals surface area contributed by atoms with Crippen LogP contribution in [0.15, 0.2) is 70.6 Å². The van der Waals surface area contributed by atoms with Crippen molar-refractivity contribution in [3.05, 3.63) is 110 Å². The predicted molar refractivity (Wildman–Crippen MR) is 158 cm³/mol. The number of nitrogens with zero attached hydrogens (tertiary/aromatic N) is 3. The lowest BCUT2D eigenvalue weighted by Crippen LogP contribution is -2.29. The van der Waals surface area contributed by atoms with Gasteiger partial charge in [0.2, 0.25) is 5.13 Å². The molecule has 1 saturated heterocycles. The number of aliphatic hydroxyl groups is 1. The van der Waals surface area contributed by atoms with E-state index < -0.39 is 17.7 Å². The van der Waals surface area contributed by atoms with Crippen molar-refractivity contribution < 1.29 is 14.7 Å². The summed E-state index contributed by atoms with van der Waals surface area (Å²) in [4.78, 5) is 28.2. The molecule has 198 valence electrons. The summed E-state index contributed by atoms with van der Waals surface area (Å²) in [5.74, 6) is -1.21. The van der Waals surface area contributed by atoms with Crippen LogP contribution in [-0.2, 0) is 15.3 Å². The Morgan fingerprint density at radius 2 is 1.69 bits per heavy atom. The molecule has 39 heavy (non-hydrogen) atoms. The number of halogens is 2. The van der Waals surface area contributed by atoms with Crippen LogP contribution in [0.25, 0.3) is 5.76 Å². The van der Waals surface area contributed by atoms with Crippen LogP contribution in [0.2, 0.25) is 10.0 Å². The monoisotopic (exact) mass is 595 g/mol. The molecule has 4 aromatic rings. The second-order valence-electron chi connectivity index (χ2n) is 9.27. The van der Waals surface area contributed by atoms with E-state index in [1.165, 1.54) is 28.0 Å². The van der Waals surface area contributed by atoms with Crippen LogP contribution in [-0.4, -0.2) is 27.0 Å². The van der Waals surface area contributed by atoms with E-state index in [4.69, 9.17) is 23.2 Å². The highest BCUT2D eigenvalue weighted by Gasteiger charge is 2.48. The molecule has 10 heteroatoms. The molecule has 1 aromatic heterocycles. The molecular weight excluding hydrogens is 573 g/mol. The van der Waals surface area contributed by atoms with Crippen molar-refractivity contribution in [1.82, 2.24) is 10.2 Å². The highest BCUT2D eigenvalue weighted by atomic mass is 35.5. The Hall–Kier alpha value is -3.17. The average Bonchev–Trinajstić information content (AvgIpc) is 3.47. The summed E-state index contributed by atoms with van der Waals surface area (Å²) < 4.78 is 0.607. The van der Waals surface area contributed by atoms with Gasteiger partial charge in [-0.3, -0.25) is 14.5 Å². The van der Waals surface area contributed by atoms with E-state index in [0.29, 0.717) is 31.3 Å². The standard InChI is InChI=1S/C29H23Cl2N3O3S2/c1-15-5-8-18(9-6-15)24-23(25(35)21-12-16(2)4-7-17(21)3)26(36)27(37)34(24)28-32-33-29(39-28)38-14-19-10-11-20(30)13-22(19)31/h4-13,24,35H,14H2,1-3H3. The van der Waals surface area contributed by atoms with Gasteiger partial charge in [0, 0.05) is 21.4 Å². The Balaban J connectivity index is 1.55. The Labute approximate surface area is 244 Å². The number of aromatic nitrogens is 2. The van der Waals surface area contributed by atoms with Crippen LogP contribution < -0.4 is 4.90 Å². The summed E-state index contributed by atoms with van der Waals surface area (Å²) in [7, 11) is 0.